The van der Waals surface area contributed by atoms with Gasteiger partial charge in [0.05, 0.1) is 20.2 Å². The first kappa shape index (κ1) is 20.1. The molecule has 0 bridgehead atoms. The van der Waals surface area contributed by atoms with Gasteiger partial charge in [-0.2, -0.15) is 0 Å². The van der Waals surface area contributed by atoms with Crippen LogP contribution in [0.15, 0.2) is 27.4 Å². The third-order valence-corrected chi connectivity index (χ3v) is 5.41. The van der Waals surface area contributed by atoms with Gasteiger partial charge in [-0.05, 0) is 36.1 Å². The normalized spacial score (nSPS) is 19.7. The zero-order valence-electron chi connectivity index (χ0n) is 16.8. The summed E-state index contributed by atoms with van der Waals surface area (Å²) in [6.45, 7) is 7.91. The molecule has 1 unspecified atom stereocenters. The van der Waals surface area contributed by atoms with E-state index >= 15 is 0 Å². The third-order valence-electron chi connectivity index (χ3n) is 5.41. The molecule has 2 N–H and O–H groups in total. The summed E-state index contributed by atoms with van der Waals surface area (Å²) in [7, 11) is 1.31. The number of hydrogen-bond acceptors (Lipinski definition) is 5. The van der Waals surface area contributed by atoms with Crippen LogP contribution in [0.25, 0.3) is 11.0 Å². The van der Waals surface area contributed by atoms with Crippen molar-refractivity contribution < 1.29 is 23.6 Å². The van der Waals surface area contributed by atoms with E-state index in [2.05, 4.69) is 25.2 Å². The first-order valence-corrected chi connectivity index (χ1v) is 9.56. The lowest BCUT2D eigenvalue weighted by molar-refractivity contribution is -0.930. The Hall–Kier alpha value is -2.67. The van der Waals surface area contributed by atoms with Crippen molar-refractivity contribution in [1.82, 2.24) is 5.32 Å². The fourth-order valence-electron chi connectivity index (χ4n) is 3.93. The number of esters is 1. The van der Waals surface area contributed by atoms with Gasteiger partial charge in [-0.1, -0.05) is 13.8 Å². The van der Waals surface area contributed by atoms with Gasteiger partial charge >= 0.3 is 11.6 Å². The number of benzene rings is 1. The molecular formula is C21H27N2O5+. The second kappa shape index (κ2) is 8.14. The highest BCUT2D eigenvalue weighted by Gasteiger charge is 2.36. The molecule has 1 amide bonds. The minimum absolute atomic E-state index is 0.00733. The topological polar surface area (TPSA) is 90.0 Å². The molecule has 7 nitrogen and oxygen atoms in total. The molecule has 2 atom stereocenters. The number of piperazine rings is 1. The molecule has 0 radical (unpaired) electrons. The van der Waals surface area contributed by atoms with Crippen LogP contribution in [0.3, 0.4) is 0 Å². The van der Waals surface area contributed by atoms with Crippen molar-refractivity contribution in [2.75, 3.05) is 20.2 Å². The number of hydrogen-bond donors (Lipinski definition) is 2. The first-order chi connectivity index (χ1) is 13.3. The average molecular weight is 387 g/mol. The number of rotatable bonds is 5. The highest BCUT2D eigenvalue weighted by Crippen LogP contribution is 2.26. The van der Waals surface area contributed by atoms with Crippen LogP contribution in [-0.2, 0) is 20.9 Å². The van der Waals surface area contributed by atoms with E-state index < -0.39 is 17.6 Å². The molecule has 2 heterocycles. The fraction of sp³-hybridized carbons (Fsp3) is 0.476. The van der Waals surface area contributed by atoms with E-state index in [1.54, 1.807) is 0 Å². The molecule has 3 rings (SSSR count). The lowest BCUT2D eigenvalue weighted by Gasteiger charge is -2.31. The van der Waals surface area contributed by atoms with Gasteiger partial charge < -0.3 is 19.4 Å². The number of carbonyl (C=O) groups is 2. The maximum Gasteiger partial charge on any atom is 0.336 e. The number of ether oxygens (including phenoxy) is 1. The third kappa shape index (κ3) is 4.09. The largest absolute Gasteiger partial charge is 0.469 e. The van der Waals surface area contributed by atoms with Crippen molar-refractivity contribution >= 4 is 22.8 Å². The van der Waals surface area contributed by atoms with Gasteiger partial charge in [0.25, 0.3) is 5.91 Å². The first-order valence-electron chi connectivity index (χ1n) is 9.56. The molecule has 1 aliphatic rings. The second-order valence-electron chi connectivity index (χ2n) is 7.66. The maximum absolute atomic E-state index is 12.3. The van der Waals surface area contributed by atoms with Gasteiger partial charge in [-0.15, -0.1) is 0 Å². The molecule has 1 aromatic carbocycles. The van der Waals surface area contributed by atoms with E-state index in [0.717, 1.165) is 21.4 Å². The zero-order chi connectivity index (χ0) is 20.4. The van der Waals surface area contributed by atoms with Gasteiger partial charge in [0.1, 0.15) is 18.5 Å². The monoisotopic (exact) mass is 387 g/mol. The number of aryl methyl sites for hydroxylation is 1. The SMILES string of the molecule is COC(=O)C[C@H]1C(=O)NCC[NH+]1Cc1cc(=O)oc2cc(C)c(C(C)C)cc12. The van der Waals surface area contributed by atoms with Crippen LogP contribution in [0, 0.1) is 6.92 Å². The Bertz CT molecular complexity index is 963. The van der Waals surface area contributed by atoms with Crippen LogP contribution < -0.4 is 15.8 Å². The molecule has 0 saturated carbocycles. The average Bonchev–Trinajstić information content (AvgIpc) is 2.63. The number of nitrogens with one attached hydrogen (secondary N) is 2. The van der Waals surface area contributed by atoms with Gasteiger partial charge in [-0.25, -0.2) is 4.79 Å². The van der Waals surface area contributed by atoms with Crippen LogP contribution in [-0.4, -0.2) is 38.1 Å². The quantitative estimate of drug-likeness (QED) is 0.581. The summed E-state index contributed by atoms with van der Waals surface area (Å²) < 4.78 is 10.2. The Labute approximate surface area is 163 Å². The summed E-state index contributed by atoms with van der Waals surface area (Å²) in [5.41, 5.74) is 3.24. The van der Waals surface area contributed by atoms with E-state index in [1.165, 1.54) is 18.7 Å². The van der Waals surface area contributed by atoms with E-state index in [0.29, 0.717) is 31.1 Å². The molecular weight excluding hydrogens is 360 g/mol. The lowest BCUT2D eigenvalue weighted by Crippen LogP contribution is -3.18. The van der Waals surface area contributed by atoms with Gasteiger partial charge in [0.2, 0.25) is 0 Å². The van der Waals surface area contributed by atoms with Crippen molar-refractivity contribution in [2.24, 2.45) is 0 Å². The highest BCUT2D eigenvalue weighted by atomic mass is 16.5. The summed E-state index contributed by atoms with van der Waals surface area (Å²) in [5, 5.41) is 3.69. The predicted molar refractivity (Wildman–Crippen MR) is 104 cm³/mol. The van der Waals surface area contributed by atoms with Crippen LogP contribution in [0.1, 0.15) is 42.9 Å². The number of fused-ring (bicyclic) bond motifs is 1. The van der Waals surface area contributed by atoms with Crippen molar-refractivity contribution in [1.29, 1.82) is 0 Å². The summed E-state index contributed by atoms with van der Waals surface area (Å²) in [5.74, 6) is -0.253. The highest BCUT2D eigenvalue weighted by molar-refractivity contribution is 5.86. The summed E-state index contributed by atoms with van der Waals surface area (Å²) in [6.07, 6.45) is 0.00733. The Morgan fingerprint density at radius 2 is 2.07 bits per heavy atom. The Balaban J connectivity index is 2.02. The zero-order valence-corrected chi connectivity index (χ0v) is 16.8. The van der Waals surface area contributed by atoms with Gasteiger partial charge in [-0.3, -0.25) is 9.59 Å². The molecule has 1 aliphatic heterocycles. The standard InChI is InChI=1S/C21H26N2O5/c1-12(2)15-9-16-14(8-20(25)28-18(16)7-13(15)3)11-23-6-5-22-21(26)17(23)10-19(24)27-4/h7-9,12,17H,5-6,10-11H2,1-4H3,(H,22,26)/p+1/t17-/m0/s1. The number of quaternary nitrogens is 1. The molecule has 2 aromatic rings. The van der Waals surface area contributed by atoms with Crippen LogP contribution in [0.5, 0.6) is 0 Å². The van der Waals surface area contributed by atoms with E-state index in [1.807, 2.05) is 13.0 Å². The predicted octanol–water partition coefficient (Wildman–Crippen LogP) is 0.671. The Kier molecular flexibility index (Phi) is 5.84. The fourth-order valence-corrected chi connectivity index (χ4v) is 3.93. The minimum atomic E-state index is -0.543. The van der Waals surface area contributed by atoms with Gasteiger partial charge in [0.15, 0.2) is 6.04 Å². The van der Waals surface area contributed by atoms with Crippen molar-refractivity contribution in [3.8, 4) is 0 Å². The molecule has 1 aromatic heterocycles. The molecule has 7 heteroatoms. The lowest BCUT2D eigenvalue weighted by atomic mass is 9.94. The minimum Gasteiger partial charge on any atom is -0.469 e. The molecule has 150 valence electrons. The summed E-state index contributed by atoms with van der Waals surface area (Å²) >= 11 is 0. The van der Waals surface area contributed by atoms with E-state index in [-0.39, 0.29) is 12.3 Å². The van der Waals surface area contributed by atoms with Crippen molar-refractivity contribution in [2.45, 2.75) is 45.7 Å². The summed E-state index contributed by atoms with van der Waals surface area (Å²) in [4.78, 5) is 37.2. The van der Waals surface area contributed by atoms with Crippen LogP contribution >= 0.6 is 0 Å². The number of amides is 1. The van der Waals surface area contributed by atoms with E-state index in [4.69, 9.17) is 9.15 Å². The molecule has 28 heavy (non-hydrogen) atoms. The van der Waals surface area contributed by atoms with Crippen molar-refractivity contribution in [3.63, 3.8) is 0 Å². The smallest absolute Gasteiger partial charge is 0.336 e. The van der Waals surface area contributed by atoms with Crippen LogP contribution in [0.4, 0.5) is 0 Å². The molecule has 0 aliphatic carbocycles. The second-order valence-corrected chi connectivity index (χ2v) is 7.66. The molecule has 1 saturated heterocycles. The molecule has 0 spiro atoms. The van der Waals surface area contributed by atoms with E-state index in [9.17, 15) is 14.4 Å². The summed E-state index contributed by atoms with van der Waals surface area (Å²) in [6, 6.07) is 4.93. The maximum atomic E-state index is 12.3. The molecule has 1 fully saturated rings. The van der Waals surface area contributed by atoms with Gasteiger partial charge in [0, 0.05) is 17.0 Å². The Morgan fingerprint density at radius 1 is 1.32 bits per heavy atom. The Morgan fingerprint density at radius 3 is 2.75 bits per heavy atom. The van der Waals surface area contributed by atoms with Crippen molar-refractivity contribution in [3.05, 3.63) is 45.3 Å². The number of methoxy groups -OCH3 is 1. The van der Waals surface area contributed by atoms with Crippen LogP contribution in [0.2, 0.25) is 0 Å². The number of carbonyl (C=O) groups excluding carboxylic acids is 2.